The number of nitrogens with zero attached hydrogens (tertiary/aromatic N) is 5. The Labute approximate surface area is 226 Å². The molecule has 2 aromatic carbocycles. The Balaban J connectivity index is 1.27. The third-order valence-electron chi connectivity index (χ3n) is 6.46. The van der Waals surface area contributed by atoms with Crippen LogP contribution in [0.4, 0.5) is 5.69 Å². The van der Waals surface area contributed by atoms with Gasteiger partial charge in [-0.25, -0.2) is 4.79 Å². The summed E-state index contributed by atoms with van der Waals surface area (Å²) < 4.78 is 11.8. The minimum absolute atomic E-state index is 0.0750. The van der Waals surface area contributed by atoms with E-state index >= 15 is 0 Å². The molecule has 0 saturated carbocycles. The maximum atomic E-state index is 13.4. The number of nitrogens with one attached hydrogen (secondary N) is 1. The Morgan fingerprint density at radius 2 is 1.92 bits per heavy atom. The molecule has 3 aromatic rings. The Bertz CT molecular complexity index is 1370. The zero-order valence-corrected chi connectivity index (χ0v) is 21.5. The third-order valence-corrected chi connectivity index (χ3v) is 8.09. The number of hydrogen-bond donors (Lipinski definition) is 1. The molecule has 0 unspecified atom stereocenters. The number of thioether (sulfide) groups is 1. The molecule has 202 valence electrons. The fourth-order valence-corrected chi connectivity index (χ4v) is 6.36. The summed E-state index contributed by atoms with van der Waals surface area (Å²) in [5, 5.41) is 20.9. The smallest absolute Gasteiger partial charge is 0.330 e. The van der Waals surface area contributed by atoms with Crippen molar-refractivity contribution in [3.05, 3.63) is 82.7 Å². The first-order valence-electron chi connectivity index (χ1n) is 12.0. The number of rotatable bonds is 10. The second-order valence-electron chi connectivity index (χ2n) is 9.25. The molecule has 2 amide bonds. The van der Waals surface area contributed by atoms with E-state index in [9.17, 15) is 24.5 Å². The van der Waals surface area contributed by atoms with E-state index < -0.39 is 44.9 Å². The van der Waals surface area contributed by atoms with E-state index in [0.29, 0.717) is 11.3 Å². The van der Waals surface area contributed by atoms with Gasteiger partial charge in [-0.05, 0) is 36.8 Å². The van der Waals surface area contributed by atoms with Crippen molar-refractivity contribution < 1.29 is 28.8 Å². The molecule has 0 bridgehead atoms. The number of esters is 1. The molecular formula is C25H24N6O7S. The average molecular weight is 553 g/mol. The molecule has 3 heterocycles. The van der Waals surface area contributed by atoms with E-state index in [1.165, 1.54) is 47.1 Å². The number of aromatic nitrogens is 3. The highest BCUT2D eigenvalue weighted by atomic mass is 32.2. The van der Waals surface area contributed by atoms with Crippen LogP contribution in [0.5, 0.6) is 5.75 Å². The first kappa shape index (κ1) is 26.2. The van der Waals surface area contributed by atoms with Gasteiger partial charge in [-0.15, -0.1) is 16.9 Å². The Kier molecular flexibility index (Phi) is 7.19. The van der Waals surface area contributed by atoms with Crippen molar-refractivity contribution in [3.8, 4) is 5.75 Å². The van der Waals surface area contributed by atoms with Gasteiger partial charge in [-0.2, -0.15) is 0 Å². The molecule has 39 heavy (non-hydrogen) atoms. The molecule has 1 aromatic heterocycles. The van der Waals surface area contributed by atoms with Crippen LogP contribution in [-0.4, -0.2) is 71.4 Å². The number of β-lactam (4-membered cyclic amide) rings is 1. The van der Waals surface area contributed by atoms with Crippen molar-refractivity contribution in [2.24, 2.45) is 0 Å². The van der Waals surface area contributed by atoms with Gasteiger partial charge in [0.05, 0.1) is 22.4 Å². The van der Waals surface area contributed by atoms with Gasteiger partial charge in [0.2, 0.25) is 5.91 Å². The van der Waals surface area contributed by atoms with Crippen LogP contribution in [-0.2, 0) is 32.3 Å². The maximum Gasteiger partial charge on any atom is 0.330 e. The highest BCUT2D eigenvalue weighted by Gasteiger charge is 2.66. The highest BCUT2D eigenvalue weighted by Crippen LogP contribution is 2.52. The van der Waals surface area contributed by atoms with E-state index in [1.807, 2.05) is 13.0 Å². The minimum Gasteiger partial charge on any atom is -0.484 e. The van der Waals surface area contributed by atoms with E-state index in [4.69, 9.17) is 9.47 Å². The molecule has 2 aliphatic rings. The largest absolute Gasteiger partial charge is 0.484 e. The number of amides is 2. The van der Waals surface area contributed by atoms with Gasteiger partial charge >= 0.3 is 5.97 Å². The molecule has 2 saturated heterocycles. The number of nitro benzene ring substituents is 1. The van der Waals surface area contributed by atoms with Gasteiger partial charge < -0.3 is 19.7 Å². The standard InChI is InChI=1S/C25H24N6O7S/c1-25(15-29-12-11-26-28-29)21(24(34)38-13-16-7-9-17(10-8-16)31(35)36)30-22(33)20(23(30)39-25)27-19(32)14-37-18-5-3-2-4-6-18/h2-12,20-21,23H,13-15H2,1H3,(H,27,32)/t20-,21+,23+,25+/m1/s1. The SMILES string of the molecule is C[C@@]1(Cn2ccnn2)S[C@H]2[C@H](NC(=O)COc3ccccc3)C(=O)N2[C@H]1C(=O)OCc1ccc([N+](=O)[O-])cc1. The van der Waals surface area contributed by atoms with Crippen LogP contribution in [0.3, 0.4) is 0 Å². The van der Waals surface area contributed by atoms with Crippen molar-refractivity contribution in [2.75, 3.05) is 6.61 Å². The molecule has 2 aliphatic heterocycles. The Morgan fingerprint density at radius 3 is 2.59 bits per heavy atom. The van der Waals surface area contributed by atoms with E-state index in [-0.39, 0.29) is 25.4 Å². The van der Waals surface area contributed by atoms with Crippen LogP contribution in [0.15, 0.2) is 67.0 Å². The molecule has 13 nitrogen and oxygen atoms in total. The predicted octanol–water partition coefficient (Wildman–Crippen LogP) is 1.54. The third kappa shape index (κ3) is 5.41. The van der Waals surface area contributed by atoms with Gasteiger partial charge in [0, 0.05) is 18.3 Å². The lowest BCUT2D eigenvalue weighted by Crippen LogP contribution is -2.71. The van der Waals surface area contributed by atoms with Crippen LogP contribution in [0.2, 0.25) is 0 Å². The first-order chi connectivity index (χ1) is 18.7. The van der Waals surface area contributed by atoms with Crippen LogP contribution in [0.1, 0.15) is 12.5 Å². The molecule has 1 N–H and O–H groups in total. The van der Waals surface area contributed by atoms with Crippen molar-refractivity contribution in [2.45, 2.75) is 42.3 Å². The van der Waals surface area contributed by atoms with Gasteiger partial charge in [0.15, 0.2) is 6.61 Å². The number of carbonyl (C=O) groups excluding carboxylic acids is 3. The van der Waals surface area contributed by atoms with Crippen molar-refractivity contribution in [1.29, 1.82) is 0 Å². The van der Waals surface area contributed by atoms with Crippen molar-refractivity contribution in [1.82, 2.24) is 25.2 Å². The number of benzene rings is 2. The summed E-state index contributed by atoms with van der Waals surface area (Å²) in [6.07, 6.45) is 3.17. The summed E-state index contributed by atoms with van der Waals surface area (Å²) in [6, 6.07) is 12.7. The summed E-state index contributed by atoms with van der Waals surface area (Å²) in [4.78, 5) is 50.9. The molecule has 0 radical (unpaired) electrons. The second-order valence-corrected chi connectivity index (χ2v) is 10.9. The molecular weight excluding hydrogens is 528 g/mol. The van der Waals surface area contributed by atoms with Crippen LogP contribution in [0, 0.1) is 10.1 Å². The number of non-ortho nitro benzene ring substituents is 1. The van der Waals surface area contributed by atoms with Gasteiger partial charge in [-0.1, -0.05) is 23.4 Å². The second kappa shape index (κ2) is 10.7. The lowest BCUT2D eigenvalue weighted by molar-refractivity contribution is -0.384. The fourth-order valence-electron chi connectivity index (χ4n) is 4.61. The maximum absolute atomic E-state index is 13.4. The number of fused-ring (bicyclic) bond motifs is 1. The van der Waals surface area contributed by atoms with Gasteiger partial charge in [0.25, 0.3) is 11.6 Å². The number of carbonyl (C=O) groups is 3. The van der Waals surface area contributed by atoms with E-state index in [1.54, 1.807) is 35.1 Å². The highest BCUT2D eigenvalue weighted by molar-refractivity contribution is 8.01. The zero-order chi connectivity index (χ0) is 27.6. The van der Waals surface area contributed by atoms with Gasteiger partial charge in [-0.3, -0.25) is 24.4 Å². The zero-order valence-electron chi connectivity index (χ0n) is 20.7. The van der Waals surface area contributed by atoms with E-state index in [2.05, 4.69) is 15.6 Å². The quantitative estimate of drug-likeness (QED) is 0.169. The Hall–Kier alpha value is -4.46. The molecule has 4 atom stereocenters. The van der Waals surface area contributed by atoms with Crippen LogP contribution < -0.4 is 10.1 Å². The topological polar surface area (TPSA) is 159 Å². The Morgan fingerprint density at radius 1 is 1.18 bits per heavy atom. The molecule has 0 aliphatic carbocycles. The molecule has 14 heteroatoms. The average Bonchev–Trinajstić information content (AvgIpc) is 3.54. The summed E-state index contributed by atoms with van der Waals surface area (Å²) in [5.74, 6) is -0.961. The summed E-state index contributed by atoms with van der Waals surface area (Å²) in [5.41, 5.74) is 0.488. The van der Waals surface area contributed by atoms with Gasteiger partial charge in [0.1, 0.15) is 29.8 Å². The number of nitro groups is 1. The normalized spacial score (nSPS) is 23.5. The van der Waals surface area contributed by atoms with Crippen LogP contribution in [0.25, 0.3) is 0 Å². The van der Waals surface area contributed by atoms with Crippen molar-refractivity contribution in [3.63, 3.8) is 0 Å². The lowest BCUT2D eigenvalue weighted by atomic mass is 9.94. The molecule has 5 rings (SSSR count). The summed E-state index contributed by atoms with van der Waals surface area (Å²) in [6.45, 7) is 1.70. The predicted molar refractivity (Wildman–Crippen MR) is 137 cm³/mol. The van der Waals surface area contributed by atoms with Crippen molar-refractivity contribution >= 4 is 35.2 Å². The van der Waals surface area contributed by atoms with Crippen LogP contribution >= 0.6 is 11.8 Å². The summed E-state index contributed by atoms with van der Waals surface area (Å²) >= 11 is 1.38. The first-order valence-corrected chi connectivity index (χ1v) is 12.8. The fraction of sp³-hybridized carbons (Fsp3) is 0.320. The number of para-hydroxylation sites is 1. The summed E-state index contributed by atoms with van der Waals surface area (Å²) in [7, 11) is 0. The number of ether oxygens (including phenoxy) is 2. The number of hydrogen-bond acceptors (Lipinski definition) is 10. The molecule has 2 fully saturated rings. The monoisotopic (exact) mass is 552 g/mol. The molecule has 0 spiro atoms. The lowest BCUT2D eigenvalue weighted by Gasteiger charge is -2.44. The minimum atomic E-state index is -0.962. The van der Waals surface area contributed by atoms with E-state index in [0.717, 1.165) is 0 Å².